The van der Waals surface area contributed by atoms with E-state index in [1.54, 1.807) is 23.1 Å². The lowest BCUT2D eigenvalue weighted by Crippen LogP contribution is -2.47. The number of tetrazole rings is 1. The summed E-state index contributed by atoms with van der Waals surface area (Å²) in [6, 6.07) is 4.43. The number of hydrogen-bond donors (Lipinski definition) is 1. The van der Waals surface area contributed by atoms with Gasteiger partial charge in [0.05, 0.1) is 10.0 Å². The minimum Gasteiger partial charge on any atom is -0.330 e. The Bertz CT molecular complexity index is 839. The molecule has 27 heavy (non-hydrogen) atoms. The maximum absolute atomic E-state index is 13.1. The van der Waals surface area contributed by atoms with Gasteiger partial charge in [0, 0.05) is 12.6 Å². The Hall–Kier alpha value is -1.90. The monoisotopic (exact) mass is 412 g/mol. The van der Waals surface area contributed by atoms with E-state index in [-0.39, 0.29) is 21.8 Å². The van der Waals surface area contributed by atoms with Crippen molar-refractivity contribution in [1.29, 1.82) is 0 Å². The fourth-order valence-electron chi connectivity index (χ4n) is 3.41. The lowest BCUT2D eigenvalue weighted by Gasteiger charge is -2.33. The van der Waals surface area contributed by atoms with E-state index >= 15 is 0 Å². The second-order valence-electron chi connectivity index (χ2n) is 6.57. The highest BCUT2D eigenvalue weighted by Gasteiger charge is 2.29. The van der Waals surface area contributed by atoms with Crippen LogP contribution in [0.1, 0.15) is 38.5 Å². The number of aromatic nitrogens is 4. The zero-order chi connectivity index (χ0) is 19.4. The van der Waals surface area contributed by atoms with Crippen molar-refractivity contribution in [3.8, 4) is 5.69 Å². The molecule has 0 radical (unpaired) electrons. The van der Waals surface area contributed by atoms with Gasteiger partial charge in [0.2, 0.25) is 0 Å². The molecule has 146 valence electrons. The predicted molar refractivity (Wildman–Crippen MR) is 104 cm³/mol. The van der Waals surface area contributed by atoms with Crippen LogP contribution in [0.2, 0.25) is 10.0 Å². The maximum Gasteiger partial charge on any atom is 0.377 e. The summed E-state index contributed by atoms with van der Waals surface area (Å²) in [6.45, 7) is 0.944. The van der Waals surface area contributed by atoms with Crippen molar-refractivity contribution in [3.63, 3.8) is 0 Å². The fraction of sp³-hybridized carbons (Fsp3) is 0.529. The topological polar surface area (TPSA) is 99.0 Å². The first-order valence-corrected chi connectivity index (χ1v) is 9.80. The Morgan fingerprint density at radius 3 is 2.48 bits per heavy atom. The Balaban J connectivity index is 1.93. The van der Waals surface area contributed by atoms with Gasteiger partial charge in [0.15, 0.2) is 0 Å². The molecule has 2 aromatic rings. The fourth-order valence-corrected chi connectivity index (χ4v) is 3.97. The van der Waals surface area contributed by atoms with E-state index in [4.69, 9.17) is 28.9 Å². The highest BCUT2D eigenvalue weighted by Crippen LogP contribution is 2.26. The van der Waals surface area contributed by atoms with E-state index in [1.807, 2.05) is 0 Å². The van der Waals surface area contributed by atoms with Crippen LogP contribution in [0, 0.1) is 0 Å². The van der Waals surface area contributed by atoms with Gasteiger partial charge in [-0.05, 0) is 48.4 Å². The lowest BCUT2D eigenvalue weighted by molar-refractivity contribution is 0.152. The van der Waals surface area contributed by atoms with Crippen molar-refractivity contribution in [1.82, 2.24) is 24.7 Å². The number of nitrogens with two attached hydrogens (primary N) is 1. The highest BCUT2D eigenvalue weighted by molar-refractivity contribution is 6.37. The molecule has 0 unspecified atom stereocenters. The Morgan fingerprint density at radius 1 is 1.19 bits per heavy atom. The number of rotatable bonds is 5. The van der Waals surface area contributed by atoms with Gasteiger partial charge in [-0.3, -0.25) is 0 Å². The number of benzene rings is 1. The van der Waals surface area contributed by atoms with Crippen LogP contribution in [0.25, 0.3) is 5.69 Å². The first-order chi connectivity index (χ1) is 13.0. The van der Waals surface area contributed by atoms with Crippen LogP contribution in [0.3, 0.4) is 0 Å². The van der Waals surface area contributed by atoms with Crippen molar-refractivity contribution >= 4 is 29.2 Å². The summed E-state index contributed by atoms with van der Waals surface area (Å²) in [4.78, 5) is 27.5. The van der Waals surface area contributed by atoms with Gasteiger partial charge in [-0.1, -0.05) is 48.5 Å². The second-order valence-corrected chi connectivity index (χ2v) is 7.38. The molecule has 1 aliphatic carbocycles. The van der Waals surface area contributed by atoms with E-state index in [1.165, 1.54) is 0 Å². The van der Waals surface area contributed by atoms with Gasteiger partial charge in [-0.25, -0.2) is 9.59 Å². The molecule has 1 heterocycles. The minimum atomic E-state index is -0.705. The van der Waals surface area contributed by atoms with E-state index in [0.717, 1.165) is 41.5 Å². The van der Waals surface area contributed by atoms with Crippen LogP contribution in [-0.4, -0.2) is 49.9 Å². The van der Waals surface area contributed by atoms with E-state index in [9.17, 15) is 9.59 Å². The molecule has 0 bridgehead atoms. The second kappa shape index (κ2) is 8.86. The van der Waals surface area contributed by atoms with Gasteiger partial charge in [-0.2, -0.15) is 4.68 Å². The standard InChI is InChI=1S/C17H22Cl2N6O2/c18-13-8-4-9-14(19)15(13)24-17(27)25(22-21-24)16(26)23(11-5-10-20)12-6-2-1-3-7-12/h4,8-9,12H,1-3,5-7,10-11,20H2. The third-order valence-corrected chi connectivity index (χ3v) is 5.39. The normalized spacial score (nSPS) is 15.1. The lowest BCUT2D eigenvalue weighted by atomic mass is 9.94. The number of amides is 1. The zero-order valence-electron chi connectivity index (χ0n) is 14.9. The first-order valence-electron chi connectivity index (χ1n) is 9.05. The van der Waals surface area contributed by atoms with Crippen molar-refractivity contribution < 1.29 is 4.79 Å². The maximum atomic E-state index is 13.1. The molecule has 2 N–H and O–H groups in total. The molecule has 1 aromatic carbocycles. The Morgan fingerprint density at radius 2 is 1.85 bits per heavy atom. The Labute approximate surface area is 166 Å². The van der Waals surface area contributed by atoms with Gasteiger partial charge < -0.3 is 10.6 Å². The minimum absolute atomic E-state index is 0.0822. The quantitative estimate of drug-likeness (QED) is 0.760. The molecule has 10 heteroatoms. The van der Waals surface area contributed by atoms with Crippen molar-refractivity contribution in [2.24, 2.45) is 5.73 Å². The Kier molecular flexibility index (Phi) is 6.51. The third kappa shape index (κ3) is 4.17. The zero-order valence-corrected chi connectivity index (χ0v) is 16.4. The molecule has 8 nitrogen and oxygen atoms in total. The van der Waals surface area contributed by atoms with Crippen molar-refractivity contribution in [3.05, 3.63) is 38.7 Å². The summed E-state index contributed by atoms with van der Waals surface area (Å²) in [5.74, 6) is 0. The molecule has 3 rings (SSSR count). The molecule has 0 atom stereocenters. The number of nitrogens with zero attached hydrogens (tertiary/aromatic N) is 5. The van der Waals surface area contributed by atoms with Crippen LogP contribution in [-0.2, 0) is 0 Å². The van der Waals surface area contributed by atoms with E-state index in [2.05, 4.69) is 10.4 Å². The summed E-state index contributed by atoms with van der Waals surface area (Å²) >= 11 is 12.3. The number of para-hydroxylation sites is 1. The van der Waals surface area contributed by atoms with Crippen molar-refractivity contribution in [2.45, 2.75) is 44.6 Å². The molecule has 1 aliphatic rings. The number of carbonyl (C=O) groups is 1. The summed E-state index contributed by atoms with van der Waals surface area (Å²) in [5, 5.41) is 8.08. The molecule has 0 aliphatic heterocycles. The molecular formula is C17H22Cl2N6O2. The molecule has 1 aromatic heterocycles. The molecule has 1 amide bonds. The predicted octanol–water partition coefficient (Wildman–Crippen LogP) is 2.69. The smallest absolute Gasteiger partial charge is 0.330 e. The molecule has 0 saturated heterocycles. The summed E-state index contributed by atoms with van der Waals surface area (Å²) in [5.41, 5.74) is 5.12. The number of carbonyl (C=O) groups excluding carboxylic acids is 1. The summed E-state index contributed by atoms with van der Waals surface area (Å²) in [6.07, 6.45) is 5.77. The van der Waals surface area contributed by atoms with Gasteiger partial charge >= 0.3 is 11.7 Å². The van der Waals surface area contributed by atoms with Gasteiger partial charge in [0.25, 0.3) is 0 Å². The summed E-state index contributed by atoms with van der Waals surface area (Å²) < 4.78 is 1.72. The van der Waals surface area contributed by atoms with Crippen LogP contribution in [0.5, 0.6) is 0 Å². The first kappa shape index (κ1) is 19.9. The molecule has 1 fully saturated rings. The SMILES string of the molecule is NCCCN(C(=O)n1nnn(-c2c(Cl)cccc2Cl)c1=O)C1CCCCC1. The molecular weight excluding hydrogens is 391 g/mol. The third-order valence-electron chi connectivity index (χ3n) is 4.78. The van der Waals surface area contributed by atoms with Crippen LogP contribution in [0.15, 0.2) is 23.0 Å². The van der Waals surface area contributed by atoms with Crippen LogP contribution < -0.4 is 11.4 Å². The van der Waals surface area contributed by atoms with Crippen LogP contribution in [0.4, 0.5) is 4.79 Å². The summed E-state index contributed by atoms with van der Waals surface area (Å²) in [7, 11) is 0. The average Bonchev–Trinajstić information content (AvgIpc) is 3.04. The van der Waals surface area contributed by atoms with E-state index in [0.29, 0.717) is 19.5 Å². The van der Waals surface area contributed by atoms with Crippen LogP contribution >= 0.6 is 23.2 Å². The average molecular weight is 413 g/mol. The molecule has 0 spiro atoms. The highest BCUT2D eigenvalue weighted by atomic mass is 35.5. The van der Waals surface area contributed by atoms with Gasteiger partial charge in [-0.15, -0.1) is 4.68 Å². The van der Waals surface area contributed by atoms with Crippen molar-refractivity contribution in [2.75, 3.05) is 13.1 Å². The number of halogens is 2. The van der Waals surface area contributed by atoms with E-state index < -0.39 is 11.7 Å². The largest absolute Gasteiger partial charge is 0.377 e. The number of hydrogen-bond acceptors (Lipinski definition) is 5. The molecule has 1 saturated carbocycles. The van der Waals surface area contributed by atoms with Gasteiger partial charge in [0.1, 0.15) is 5.69 Å².